The van der Waals surface area contributed by atoms with Crippen molar-refractivity contribution in [2.75, 3.05) is 4.90 Å². The molecule has 1 aromatic heterocycles. The number of fused-ring (bicyclic) bond motifs is 5. The van der Waals surface area contributed by atoms with E-state index in [9.17, 15) is 14.0 Å². The van der Waals surface area contributed by atoms with Crippen LogP contribution in [0.25, 0.3) is 11.3 Å². The van der Waals surface area contributed by atoms with Crippen molar-refractivity contribution < 1.29 is 14.0 Å². The van der Waals surface area contributed by atoms with Gasteiger partial charge in [-0.1, -0.05) is 11.1 Å². The zero-order valence-electron chi connectivity index (χ0n) is 16.0. The van der Waals surface area contributed by atoms with Crippen molar-refractivity contribution in [1.82, 2.24) is 4.98 Å². The fraction of sp³-hybridized carbons (Fsp3) is 0.409. The molecule has 0 spiro atoms. The molecule has 5 rings (SSSR count). The summed E-state index contributed by atoms with van der Waals surface area (Å²) in [4.78, 5) is 33.4. The lowest BCUT2D eigenvalue weighted by Gasteiger charge is -2.18. The predicted octanol–water partition coefficient (Wildman–Crippen LogP) is 4.74. The summed E-state index contributed by atoms with van der Waals surface area (Å²) in [6.45, 7) is 6.10. The van der Waals surface area contributed by atoms with Crippen molar-refractivity contribution in [2.45, 2.75) is 33.6 Å². The Morgan fingerprint density at radius 3 is 2.18 bits per heavy atom. The van der Waals surface area contributed by atoms with Crippen LogP contribution in [0.15, 0.2) is 35.4 Å². The normalized spacial score (nSPS) is 28.4. The van der Waals surface area contributed by atoms with Crippen LogP contribution < -0.4 is 4.90 Å². The number of amides is 2. The highest BCUT2D eigenvalue weighted by Gasteiger charge is 2.64. The Hall–Kier alpha value is -2.34. The first-order valence-electron chi connectivity index (χ1n) is 9.67. The van der Waals surface area contributed by atoms with Crippen LogP contribution in [0.4, 0.5) is 9.52 Å². The Morgan fingerprint density at radius 2 is 1.64 bits per heavy atom. The predicted molar refractivity (Wildman–Crippen MR) is 106 cm³/mol. The van der Waals surface area contributed by atoms with Gasteiger partial charge < -0.3 is 0 Å². The molecule has 1 aliphatic heterocycles. The lowest BCUT2D eigenvalue weighted by atomic mass is 9.81. The number of thiazole rings is 1. The second-order valence-electron chi connectivity index (χ2n) is 8.22. The fourth-order valence-electron chi connectivity index (χ4n) is 5.53. The van der Waals surface area contributed by atoms with Crippen LogP contribution in [0, 0.1) is 36.4 Å². The summed E-state index contributed by atoms with van der Waals surface area (Å²) in [5, 5.41) is 0.444. The number of aryl methyl sites for hydroxylation is 1. The molecule has 28 heavy (non-hydrogen) atoms. The van der Waals surface area contributed by atoms with Crippen LogP contribution in [-0.2, 0) is 9.59 Å². The zero-order chi connectivity index (χ0) is 19.7. The molecule has 4 nitrogen and oxygen atoms in total. The van der Waals surface area contributed by atoms with E-state index in [1.54, 1.807) is 12.1 Å². The second kappa shape index (κ2) is 6.08. The second-order valence-corrected chi connectivity index (χ2v) is 9.40. The molecule has 0 unspecified atom stereocenters. The van der Waals surface area contributed by atoms with Crippen molar-refractivity contribution in [3.8, 4) is 11.3 Å². The number of hydrogen-bond acceptors (Lipinski definition) is 4. The first kappa shape index (κ1) is 17.7. The quantitative estimate of drug-likeness (QED) is 0.544. The van der Waals surface area contributed by atoms with Gasteiger partial charge in [-0.15, -0.1) is 11.3 Å². The van der Waals surface area contributed by atoms with E-state index in [0.29, 0.717) is 10.8 Å². The lowest BCUT2D eigenvalue weighted by molar-refractivity contribution is -0.123. The Balaban J connectivity index is 1.52. The molecule has 4 atom stereocenters. The molecule has 2 aliphatic carbocycles. The zero-order valence-corrected chi connectivity index (χ0v) is 16.8. The maximum Gasteiger partial charge on any atom is 0.240 e. The Labute approximate surface area is 167 Å². The molecule has 3 fully saturated rings. The minimum atomic E-state index is -0.305. The highest BCUT2D eigenvalue weighted by atomic mass is 32.1. The van der Waals surface area contributed by atoms with Gasteiger partial charge in [0, 0.05) is 10.4 Å². The number of halogens is 1. The number of allylic oxidation sites excluding steroid dienone is 2. The van der Waals surface area contributed by atoms with Gasteiger partial charge in [0.15, 0.2) is 5.13 Å². The standard InChI is InChI=1S/C22H21FN2O2S/c1-10(2)16-14-8-9-15(16)18-17(14)20(26)25(21(18)27)22-24-19(11(3)28-22)12-4-6-13(23)7-5-12/h4-7,14-15,17-18H,8-9H2,1-3H3/t14-,15-,17-,18+/m0/s1. The highest BCUT2D eigenvalue weighted by Crippen LogP contribution is 2.60. The number of rotatable bonds is 2. The van der Waals surface area contributed by atoms with Crippen LogP contribution >= 0.6 is 11.3 Å². The van der Waals surface area contributed by atoms with Crippen molar-refractivity contribution in [2.24, 2.45) is 23.7 Å². The monoisotopic (exact) mass is 396 g/mol. The van der Waals surface area contributed by atoms with E-state index in [1.807, 2.05) is 6.92 Å². The third-order valence-electron chi connectivity index (χ3n) is 6.52. The number of benzene rings is 1. The molecule has 1 saturated heterocycles. The van der Waals surface area contributed by atoms with E-state index < -0.39 is 0 Å². The molecule has 0 radical (unpaired) electrons. The molecule has 2 amide bonds. The molecule has 2 aromatic rings. The molecule has 6 heteroatoms. The average Bonchev–Trinajstić information content (AvgIpc) is 3.37. The summed E-state index contributed by atoms with van der Waals surface area (Å²) in [6.07, 6.45) is 1.99. The molecule has 2 bridgehead atoms. The van der Waals surface area contributed by atoms with Crippen LogP contribution in [0.1, 0.15) is 31.6 Å². The average molecular weight is 396 g/mol. The largest absolute Gasteiger partial charge is 0.274 e. The molecular weight excluding hydrogens is 375 g/mol. The van der Waals surface area contributed by atoms with E-state index >= 15 is 0 Å². The molecule has 3 aliphatic rings. The van der Waals surface area contributed by atoms with Gasteiger partial charge in [-0.2, -0.15) is 0 Å². The molecule has 2 saturated carbocycles. The van der Waals surface area contributed by atoms with E-state index in [1.165, 1.54) is 39.5 Å². The number of hydrogen-bond donors (Lipinski definition) is 0. The summed E-state index contributed by atoms with van der Waals surface area (Å²) in [5.41, 5.74) is 4.09. The van der Waals surface area contributed by atoms with Crippen molar-refractivity contribution in [1.29, 1.82) is 0 Å². The molecule has 0 N–H and O–H groups in total. The number of carbonyl (C=O) groups excluding carboxylic acids is 2. The molecular formula is C22H21FN2O2S. The summed E-state index contributed by atoms with van der Waals surface area (Å²) in [5.74, 6) is -0.539. The number of carbonyl (C=O) groups is 2. The van der Waals surface area contributed by atoms with Crippen LogP contribution in [0.3, 0.4) is 0 Å². The first-order chi connectivity index (χ1) is 13.4. The Bertz CT molecular complexity index is 1000. The number of nitrogens with zero attached hydrogens (tertiary/aromatic N) is 2. The fourth-order valence-corrected chi connectivity index (χ4v) is 6.48. The summed E-state index contributed by atoms with van der Waals surface area (Å²) >= 11 is 1.35. The number of anilines is 1. The van der Waals surface area contributed by atoms with Crippen molar-refractivity contribution in [3.05, 3.63) is 46.1 Å². The SMILES string of the molecule is CC(C)=C1[C@@H]2CC[C@@H]1[C@H]1C(=O)N(c3nc(-c4ccc(F)cc4)c(C)s3)C(=O)[C@H]12. The first-order valence-corrected chi connectivity index (χ1v) is 10.5. The van der Waals surface area contributed by atoms with Gasteiger partial charge in [0.05, 0.1) is 17.5 Å². The van der Waals surface area contributed by atoms with E-state index in [2.05, 4.69) is 18.8 Å². The van der Waals surface area contributed by atoms with Gasteiger partial charge in [0.1, 0.15) is 5.82 Å². The lowest BCUT2D eigenvalue weighted by Crippen LogP contribution is -2.33. The molecule has 144 valence electrons. The van der Waals surface area contributed by atoms with Gasteiger partial charge in [0.25, 0.3) is 0 Å². The highest BCUT2D eigenvalue weighted by molar-refractivity contribution is 7.16. The van der Waals surface area contributed by atoms with Crippen LogP contribution in [-0.4, -0.2) is 16.8 Å². The summed E-state index contributed by atoms with van der Waals surface area (Å²) in [7, 11) is 0. The van der Waals surface area contributed by atoms with Crippen LogP contribution in [0.2, 0.25) is 0 Å². The van der Waals surface area contributed by atoms with E-state index in [0.717, 1.165) is 23.3 Å². The van der Waals surface area contributed by atoms with Crippen molar-refractivity contribution in [3.63, 3.8) is 0 Å². The van der Waals surface area contributed by atoms with E-state index in [-0.39, 0.29) is 41.3 Å². The minimum absolute atomic E-state index is 0.0969. The smallest absolute Gasteiger partial charge is 0.240 e. The Morgan fingerprint density at radius 1 is 1.07 bits per heavy atom. The van der Waals surface area contributed by atoms with E-state index in [4.69, 9.17) is 0 Å². The third-order valence-corrected chi connectivity index (χ3v) is 7.48. The molecule has 2 heterocycles. The van der Waals surface area contributed by atoms with Crippen molar-refractivity contribution >= 4 is 28.3 Å². The topological polar surface area (TPSA) is 50.3 Å². The maximum absolute atomic E-state index is 13.3. The van der Waals surface area contributed by atoms with Gasteiger partial charge in [-0.25, -0.2) is 14.3 Å². The summed E-state index contributed by atoms with van der Waals surface area (Å²) < 4.78 is 13.2. The Kier molecular flexibility index (Phi) is 3.85. The van der Waals surface area contributed by atoms with Gasteiger partial charge in [-0.3, -0.25) is 9.59 Å². The third kappa shape index (κ3) is 2.30. The maximum atomic E-state index is 13.3. The molecule has 1 aromatic carbocycles. The number of aromatic nitrogens is 1. The minimum Gasteiger partial charge on any atom is -0.274 e. The van der Waals surface area contributed by atoms with Gasteiger partial charge in [-0.05, 0) is 69.7 Å². The number of imide groups is 1. The summed E-state index contributed by atoms with van der Waals surface area (Å²) in [6, 6.07) is 6.13. The van der Waals surface area contributed by atoms with Gasteiger partial charge >= 0.3 is 0 Å². The van der Waals surface area contributed by atoms with Gasteiger partial charge in [0.2, 0.25) is 11.8 Å². The van der Waals surface area contributed by atoms with Crippen LogP contribution in [0.5, 0.6) is 0 Å².